The van der Waals surface area contributed by atoms with E-state index in [4.69, 9.17) is 14.6 Å². The highest BCUT2D eigenvalue weighted by Gasteiger charge is 2.36. The lowest BCUT2D eigenvalue weighted by atomic mass is 10.2. The van der Waals surface area contributed by atoms with Crippen molar-refractivity contribution in [3.05, 3.63) is 29.8 Å². The summed E-state index contributed by atoms with van der Waals surface area (Å²) in [7, 11) is 1.52. The van der Waals surface area contributed by atoms with E-state index in [2.05, 4.69) is 0 Å². The van der Waals surface area contributed by atoms with Gasteiger partial charge >= 0.3 is 12.1 Å². The Bertz CT molecular complexity index is 617. The Morgan fingerprint density at radius 1 is 1.24 bits per heavy atom. The van der Waals surface area contributed by atoms with Crippen LogP contribution in [0.3, 0.4) is 0 Å². The molecule has 2 atom stereocenters. The zero-order valence-electron chi connectivity index (χ0n) is 13.5. The molecule has 0 spiro atoms. The van der Waals surface area contributed by atoms with E-state index >= 15 is 0 Å². The van der Waals surface area contributed by atoms with Crippen LogP contribution >= 0.6 is 0 Å². The minimum absolute atomic E-state index is 0.0860. The van der Waals surface area contributed by atoms with Crippen LogP contribution in [0.1, 0.15) is 18.4 Å². The van der Waals surface area contributed by atoms with Gasteiger partial charge in [0.1, 0.15) is 18.5 Å². The van der Waals surface area contributed by atoms with Crippen molar-refractivity contribution in [3.8, 4) is 5.75 Å². The number of halogens is 3. The van der Waals surface area contributed by atoms with Gasteiger partial charge < -0.3 is 19.5 Å². The molecule has 0 saturated carbocycles. The van der Waals surface area contributed by atoms with Crippen molar-refractivity contribution in [1.82, 2.24) is 4.90 Å². The van der Waals surface area contributed by atoms with Crippen LogP contribution < -0.4 is 4.74 Å². The monoisotopic (exact) mass is 361 g/mol. The van der Waals surface area contributed by atoms with E-state index in [0.717, 1.165) is 12.1 Å². The Morgan fingerprint density at radius 2 is 1.84 bits per heavy atom. The second-order valence-electron chi connectivity index (χ2n) is 5.66. The van der Waals surface area contributed by atoms with Gasteiger partial charge in [0.15, 0.2) is 6.10 Å². The predicted octanol–water partition coefficient (Wildman–Crippen LogP) is 2.17. The maximum atomic E-state index is 12.5. The van der Waals surface area contributed by atoms with Crippen molar-refractivity contribution in [1.29, 1.82) is 0 Å². The van der Waals surface area contributed by atoms with Crippen molar-refractivity contribution in [2.45, 2.75) is 31.2 Å². The van der Waals surface area contributed by atoms with Crippen LogP contribution in [0.25, 0.3) is 0 Å². The fourth-order valence-corrected chi connectivity index (χ4v) is 2.40. The molecular formula is C16H18F3NO5. The van der Waals surface area contributed by atoms with Crippen molar-refractivity contribution < 1.29 is 37.3 Å². The molecule has 1 N–H and O–H groups in total. The number of rotatable bonds is 6. The molecule has 1 aromatic rings. The molecule has 0 bridgehead atoms. The molecule has 1 aliphatic heterocycles. The van der Waals surface area contributed by atoms with E-state index in [9.17, 15) is 22.8 Å². The van der Waals surface area contributed by atoms with E-state index in [-0.39, 0.29) is 31.2 Å². The SMILES string of the molecule is CN(CCOc1ccc(C(F)(F)F)cc1)C(=O)[C@@H]1CC[C@H](C(=O)O)O1. The second kappa shape index (κ2) is 7.73. The Kier molecular flexibility index (Phi) is 5.89. The summed E-state index contributed by atoms with van der Waals surface area (Å²) < 4.78 is 47.9. The fourth-order valence-electron chi connectivity index (χ4n) is 2.40. The van der Waals surface area contributed by atoms with Gasteiger partial charge in [-0.1, -0.05) is 0 Å². The van der Waals surface area contributed by atoms with Crippen molar-refractivity contribution in [2.24, 2.45) is 0 Å². The third-order valence-corrected chi connectivity index (χ3v) is 3.82. The lowest BCUT2D eigenvalue weighted by Crippen LogP contribution is -2.39. The highest BCUT2D eigenvalue weighted by atomic mass is 19.4. The molecule has 1 aromatic carbocycles. The average Bonchev–Trinajstić information content (AvgIpc) is 3.04. The van der Waals surface area contributed by atoms with E-state index in [1.165, 1.54) is 24.1 Å². The second-order valence-corrected chi connectivity index (χ2v) is 5.66. The molecule has 0 aliphatic carbocycles. The lowest BCUT2D eigenvalue weighted by molar-refractivity contribution is -0.154. The molecule has 1 heterocycles. The van der Waals surface area contributed by atoms with Crippen LogP contribution in [0.5, 0.6) is 5.75 Å². The zero-order chi connectivity index (χ0) is 18.6. The minimum atomic E-state index is -4.40. The lowest BCUT2D eigenvalue weighted by Gasteiger charge is -2.21. The molecule has 6 nitrogen and oxygen atoms in total. The average molecular weight is 361 g/mol. The Labute approximate surface area is 142 Å². The third-order valence-electron chi connectivity index (χ3n) is 3.82. The number of aliphatic carboxylic acids is 1. The summed E-state index contributed by atoms with van der Waals surface area (Å²) in [5, 5.41) is 8.85. The van der Waals surface area contributed by atoms with E-state index in [1.807, 2.05) is 0 Å². The Morgan fingerprint density at radius 3 is 2.36 bits per heavy atom. The first-order chi connectivity index (χ1) is 11.7. The van der Waals surface area contributed by atoms with Crippen LogP contribution in [0.2, 0.25) is 0 Å². The minimum Gasteiger partial charge on any atom is -0.492 e. The van der Waals surface area contributed by atoms with Gasteiger partial charge in [0.2, 0.25) is 0 Å². The normalized spacial score (nSPS) is 20.3. The van der Waals surface area contributed by atoms with E-state index < -0.39 is 29.9 Å². The number of carboxylic acids is 1. The smallest absolute Gasteiger partial charge is 0.416 e. The first kappa shape index (κ1) is 19.0. The van der Waals surface area contributed by atoms with E-state index in [1.54, 1.807) is 0 Å². The molecule has 0 radical (unpaired) electrons. The van der Waals surface area contributed by atoms with Crippen molar-refractivity contribution >= 4 is 11.9 Å². The maximum absolute atomic E-state index is 12.5. The van der Waals surface area contributed by atoms with Crippen LogP contribution in [0, 0.1) is 0 Å². The summed E-state index contributed by atoms with van der Waals surface area (Å²) in [4.78, 5) is 24.3. The Hall–Kier alpha value is -2.29. The van der Waals surface area contributed by atoms with Gasteiger partial charge in [-0.2, -0.15) is 13.2 Å². The molecule has 1 aliphatic rings. The topological polar surface area (TPSA) is 76.1 Å². The van der Waals surface area contributed by atoms with Crippen molar-refractivity contribution in [3.63, 3.8) is 0 Å². The third kappa shape index (κ3) is 5.09. The number of amides is 1. The first-order valence-corrected chi connectivity index (χ1v) is 7.62. The number of carbonyl (C=O) groups excluding carboxylic acids is 1. The molecule has 1 amide bonds. The number of likely N-dealkylation sites (N-methyl/N-ethyl adjacent to an activating group) is 1. The summed E-state index contributed by atoms with van der Waals surface area (Å²) >= 11 is 0. The number of benzene rings is 1. The number of hydrogen-bond donors (Lipinski definition) is 1. The summed E-state index contributed by atoms with van der Waals surface area (Å²) in [6, 6.07) is 4.26. The van der Waals surface area contributed by atoms with Gasteiger partial charge in [-0.05, 0) is 37.1 Å². The highest BCUT2D eigenvalue weighted by Crippen LogP contribution is 2.30. The number of carboxylic acid groups (broad SMARTS) is 1. The molecular weight excluding hydrogens is 343 g/mol. The highest BCUT2D eigenvalue weighted by molar-refractivity contribution is 5.82. The Balaban J connectivity index is 1.77. The zero-order valence-corrected chi connectivity index (χ0v) is 13.5. The van der Waals surface area contributed by atoms with Crippen molar-refractivity contribution in [2.75, 3.05) is 20.2 Å². The first-order valence-electron chi connectivity index (χ1n) is 7.62. The van der Waals surface area contributed by atoms with Gasteiger partial charge in [0.25, 0.3) is 5.91 Å². The summed E-state index contributed by atoms with van der Waals surface area (Å²) in [5.74, 6) is -1.18. The van der Waals surface area contributed by atoms with Gasteiger partial charge in [-0.25, -0.2) is 4.79 Å². The number of alkyl halides is 3. The summed E-state index contributed by atoms with van der Waals surface area (Å²) in [6.45, 7) is 0.278. The molecule has 9 heteroatoms. The van der Waals surface area contributed by atoms with Crippen LogP contribution in [0.15, 0.2) is 24.3 Å². The van der Waals surface area contributed by atoms with Gasteiger partial charge in [-0.3, -0.25) is 4.79 Å². The number of nitrogens with zero attached hydrogens (tertiary/aromatic N) is 1. The van der Waals surface area contributed by atoms with Crippen LogP contribution in [-0.4, -0.2) is 54.3 Å². The number of carbonyl (C=O) groups is 2. The number of ether oxygens (including phenoxy) is 2. The molecule has 1 fully saturated rings. The standard InChI is InChI=1S/C16H18F3NO5/c1-20(14(21)12-6-7-13(25-12)15(22)23)8-9-24-11-4-2-10(3-5-11)16(17,18)19/h2-5,12-13H,6-9H2,1H3,(H,22,23)/t12-,13+/m0/s1. The van der Waals surface area contributed by atoms with Crippen LogP contribution in [0.4, 0.5) is 13.2 Å². The largest absolute Gasteiger partial charge is 0.492 e. The molecule has 25 heavy (non-hydrogen) atoms. The van der Waals surface area contributed by atoms with Crippen LogP contribution in [-0.2, 0) is 20.5 Å². The number of hydrogen-bond acceptors (Lipinski definition) is 4. The summed E-state index contributed by atoms with van der Waals surface area (Å²) in [6.07, 6.45) is -5.55. The maximum Gasteiger partial charge on any atom is 0.416 e. The molecule has 0 aromatic heterocycles. The van der Waals surface area contributed by atoms with Gasteiger partial charge in [0, 0.05) is 7.05 Å². The van der Waals surface area contributed by atoms with E-state index in [0.29, 0.717) is 6.42 Å². The fraction of sp³-hybridized carbons (Fsp3) is 0.500. The molecule has 1 saturated heterocycles. The molecule has 2 rings (SSSR count). The van der Waals surface area contributed by atoms with Gasteiger partial charge in [0.05, 0.1) is 12.1 Å². The predicted molar refractivity (Wildman–Crippen MR) is 80.1 cm³/mol. The molecule has 0 unspecified atom stereocenters. The van der Waals surface area contributed by atoms with Gasteiger partial charge in [-0.15, -0.1) is 0 Å². The molecule has 138 valence electrons. The quantitative estimate of drug-likeness (QED) is 0.841. The summed E-state index contributed by atoms with van der Waals surface area (Å²) in [5.41, 5.74) is -0.765.